The van der Waals surface area contributed by atoms with Gasteiger partial charge in [0.15, 0.2) is 5.82 Å². The van der Waals surface area contributed by atoms with Crippen molar-refractivity contribution in [1.82, 2.24) is 14.6 Å². The molecule has 1 aliphatic rings. The summed E-state index contributed by atoms with van der Waals surface area (Å²) in [4.78, 5) is 4.47. The molecule has 0 atom stereocenters. The molecule has 1 saturated carbocycles. The first-order valence-electron chi connectivity index (χ1n) is 7.27. The lowest BCUT2D eigenvalue weighted by Crippen LogP contribution is -2.26. The van der Waals surface area contributed by atoms with Gasteiger partial charge in [0, 0.05) is 18.9 Å². The van der Waals surface area contributed by atoms with E-state index in [4.69, 9.17) is 0 Å². The van der Waals surface area contributed by atoms with Crippen molar-refractivity contribution in [3.8, 4) is 0 Å². The van der Waals surface area contributed by atoms with E-state index >= 15 is 0 Å². The summed E-state index contributed by atoms with van der Waals surface area (Å²) in [5.41, 5.74) is 2.58. The highest BCUT2D eigenvalue weighted by atomic mass is 15.2. The van der Waals surface area contributed by atoms with Crippen LogP contribution < -0.4 is 5.32 Å². The van der Waals surface area contributed by atoms with E-state index in [-0.39, 0.29) is 0 Å². The van der Waals surface area contributed by atoms with Crippen molar-refractivity contribution < 1.29 is 0 Å². The molecule has 1 aliphatic carbocycles. The van der Waals surface area contributed by atoms with E-state index in [0.717, 1.165) is 23.6 Å². The summed E-state index contributed by atoms with van der Waals surface area (Å²) in [6.45, 7) is 5.35. The first kappa shape index (κ1) is 12.5. The molecule has 4 heteroatoms. The number of hydrogen-bond donors (Lipinski definition) is 1. The molecule has 1 fully saturated rings. The Morgan fingerprint density at radius 1 is 1.37 bits per heavy atom. The van der Waals surface area contributed by atoms with Crippen LogP contribution in [0.25, 0.3) is 5.52 Å². The van der Waals surface area contributed by atoms with E-state index in [2.05, 4.69) is 28.4 Å². The van der Waals surface area contributed by atoms with Crippen LogP contribution in [0.5, 0.6) is 0 Å². The minimum absolute atomic E-state index is 0.476. The van der Waals surface area contributed by atoms with Crippen LogP contribution in [0.4, 0.5) is 5.82 Å². The molecule has 0 radical (unpaired) electrons. The molecule has 0 spiro atoms. The molecule has 0 unspecified atom stereocenters. The number of aryl methyl sites for hydroxylation is 1. The summed E-state index contributed by atoms with van der Waals surface area (Å²) < 4.78 is 1.90. The van der Waals surface area contributed by atoms with Gasteiger partial charge in [-0.15, -0.1) is 0 Å². The summed E-state index contributed by atoms with van der Waals surface area (Å²) >= 11 is 0. The normalized spacial score (nSPS) is 18.0. The van der Waals surface area contributed by atoms with E-state index in [1.165, 1.54) is 32.1 Å². The molecule has 19 heavy (non-hydrogen) atoms. The van der Waals surface area contributed by atoms with Crippen LogP contribution in [0, 0.1) is 12.3 Å². The molecule has 0 aromatic carbocycles. The standard InChI is InChI=1S/C15H22N4/c1-3-15(6-4-5-7-15)11-17-14-13-10-12(2)18-19(13)9-8-16-14/h8-10H,3-7,11H2,1-2H3,(H,16,17). The third-order valence-corrected chi connectivity index (χ3v) is 4.56. The minimum Gasteiger partial charge on any atom is -0.368 e. The quantitative estimate of drug-likeness (QED) is 0.913. The van der Waals surface area contributed by atoms with Gasteiger partial charge in [-0.1, -0.05) is 19.8 Å². The van der Waals surface area contributed by atoms with Crippen molar-refractivity contribution in [1.29, 1.82) is 0 Å². The summed E-state index contributed by atoms with van der Waals surface area (Å²) in [5.74, 6) is 0.961. The highest BCUT2D eigenvalue weighted by Crippen LogP contribution is 2.40. The van der Waals surface area contributed by atoms with Crippen molar-refractivity contribution in [3.63, 3.8) is 0 Å². The fourth-order valence-electron chi connectivity index (χ4n) is 3.23. The maximum Gasteiger partial charge on any atom is 0.152 e. The molecule has 0 amide bonds. The predicted octanol–water partition coefficient (Wildman–Crippen LogP) is 3.42. The third kappa shape index (κ3) is 2.31. The number of nitrogens with zero attached hydrogens (tertiary/aromatic N) is 3. The van der Waals surface area contributed by atoms with Crippen molar-refractivity contribution in [2.24, 2.45) is 5.41 Å². The number of nitrogens with one attached hydrogen (secondary N) is 1. The number of anilines is 1. The zero-order chi connectivity index (χ0) is 13.3. The molecule has 102 valence electrons. The Hall–Kier alpha value is -1.58. The first-order chi connectivity index (χ1) is 9.22. The van der Waals surface area contributed by atoms with E-state index < -0.39 is 0 Å². The van der Waals surface area contributed by atoms with Gasteiger partial charge in [-0.3, -0.25) is 0 Å². The lowest BCUT2D eigenvalue weighted by molar-refractivity contribution is 0.306. The van der Waals surface area contributed by atoms with E-state index in [1.54, 1.807) is 0 Å². The van der Waals surface area contributed by atoms with E-state index in [9.17, 15) is 0 Å². The second-order valence-electron chi connectivity index (χ2n) is 5.81. The summed E-state index contributed by atoms with van der Waals surface area (Å²) in [6, 6.07) is 2.09. The van der Waals surface area contributed by atoms with Crippen molar-refractivity contribution in [2.45, 2.75) is 46.0 Å². The van der Waals surface area contributed by atoms with Crippen LogP contribution in [-0.4, -0.2) is 21.1 Å². The number of rotatable bonds is 4. The van der Waals surface area contributed by atoms with Gasteiger partial charge >= 0.3 is 0 Å². The molecule has 2 heterocycles. The van der Waals surface area contributed by atoms with Crippen molar-refractivity contribution >= 4 is 11.3 Å². The Bertz CT molecular complexity index is 567. The van der Waals surface area contributed by atoms with Gasteiger partial charge in [-0.2, -0.15) is 5.10 Å². The second kappa shape index (κ2) is 4.83. The monoisotopic (exact) mass is 258 g/mol. The van der Waals surface area contributed by atoms with Crippen molar-refractivity contribution in [3.05, 3.63) is 24.2 Å². The molecule has 3 rings (SSSR count). The fourth-order valence-corrected chi connectivity index (χ4v) is 3.23. The minimum atomic E-state index is 0.476. The van der Waals surface area contributed by atoms with Crippen LogP contribution in [0.15, 0.2) is 18.5 Å². The van der Waals surface area contributed by atoms with Gasteiger partial charge in [0.2, 0.25) is 0 Å². The summed E-state index contributed by atoms with van der Waals surface area (Å²) in [5, 5.41) is 7.99. The first-order valence-corrected chi connectivity index (χ1v) is 7.27. The summed E-state index contributed by atoms with van der Waals surface area (Å²) in [7, 11) is 0. The van der Waals surface area contributed by atoms with Crippen LogP contribution in [0.3, 0.4) is 0 Å². The zero-order valence-corrected chi connectivity index (χ0v) is 11.8. The molecule has 0 aliphatic heterocycles. The molecular weight excluding hydrogens is 236 g/mol. The second-order valence-corrected chi connectivity index (χ2v) is 5.81. The Morgan fingerprint density at radius 2 is 2.16 bits per heavy atom. The predicted molar refractivity (Wildman–Crippen MR) is 77.4 cm³/mol. The largest absolute Gasteiger partial charge is 0.368 e. The highest BCUT2D eigenvalue weighted by Gasteiger charge is 2.31. The number of hydrogen-bond acceptors (Lipinski definition) is 3. The average molecular weight is 258 g/mol. The van der Waals surface area contributed by atoms with Gasteiger partial charge in [-0.05, 0) is 37.7 Å². The van der Waals surface area contributed by atoms with Gasteiger partial charge in [0.25, 0.3) is 0 Å². The van der Waals surface area contributed by atoms with E-state index in [1.807, 2.05) is 23.8 Å². The van der Waals surface area contributed by atoms with Crippen LogP contribution in [0.2, 0.25) is 0 Å². The Balaban J connectivity index is 1.81. The molecule has 1 N–H and O–H groups in total. The van der Waals surface area contributed by atoms with Gasteiger partial charge < -0.3 is 5.32 Å². The molecule has 4 nitrogen and oxygen atoms in total. The topological polar surface area (TPSA) is 42.2 Å². The summed E-state index contributed by atoms with van der Waals surface area (Å²) in [6.07, 6.45) is 10.4. The Morgan fingerprint density at radius 3 is 2.89 bits per heavy atom. The lowest BCUT2D eigenvalue weighted by atomic mass is 9.83. The van der Waals surface area contributed by atoms with Crippen LogP contribution in [0.1, 0.15) is 44.7 Å². The van der Waals surface area contributed by atoms with E-state index in [0.29, 0.717) is 5.41 Å². The smallest absolute Gasteiger partial charge is 0.152 e. The molecule has 0 saturated heterocycles. The third-order valence-electron chi connectivity index (χ3n) is 4.56. The van der Waals surface area contributed by atoms with Gasteiger partial charge in [-0.25, -0.2) is 9.50 Å². The SMILES string of the molecule is CCC1(CNc2nccn3nc(C)cc23)CCCC1. The lowest BCUT2D eigenvalue weighted by Gasteiger charge is -2.28. The van der Waals surface area contributed by atoms with Crippen molar-refractivity contribution in [2.75, 3.05) is 11.9 Å². The van der Waals surface area contributed by atoms with Crippen LogP contribution >= 0.6 is 0 Å². The highest BCUT2D eigenvalue weighted by molar-refractivity contribution is 5.67. The number of aromatic nitrogens is 3. The maximum absolute atomic E-state index is 4.47. The Labute approximate surface area is 114 Å². The molecular formula is C15H22N4. The average Bonchev–Trinajstić information content (AvgIpc) is 3.02. The van der Waals surface area contributed by atoms with Crippen LogP contribution in [-0.2, 0) is 0 Å². The number of fused-ring (bicyclic) bond motifs is 1. The van der Waals surface area contributed by atoms with Gasteiger partial charge in [0.1, 0.15) is 5.52 Å². The fraction of sp³-hybridized carbons (Fsp3) is 0.600. The Kier molecular flexibility index (Phi) is 3.17. The maximum atomic E-state index is 4.47. The molecule has 2 aromatic heterocycles. The van der Waals surface area contributed by atoms with Gasteiger partial charge in [0.05, 0.1) is 5.69 Å². The zero-order valence-electron chi connectivity index (χ0n) is 11.8. The molecule has 0 bridgehead atoms. The molecule has 2 aromatic rings.